The number of benzene rings is 8. The van der Waals surface area contributed by atoms with Gasteiger partial charge in [-0.15, -0.1) is 0 Å². The fraction of sp³-hybridized carbons (Fsp3) is 0.0545. The Bertz CT molecular complexity index is 3530. The SMILES string of the molecule is CC1(C)c2ccccc2-c2ccc(-c3ccc(-c4nc(-c5ccccc5)nc(-c5ccc(-c6cc7c(-c8ccccc8)nc8ccccc8c7c7nsnc67)cc5)n4)cc3)cc21. The minimum absolute atomic E-state index is 0.0619. The maximum Gasteiger partial charge on any atom is 0.164 e. The lowest BCUT2D eigenvalue weighted by Gasteiger charge is -2.22. The molecule has 0 bridgehead atoms. The van der Waals surface area contributed by atoms with Crippen LogP contribution >= 0.6 is 11.7 Å². The van der Waals surface area contributed by atoms with Crippen molar-refractivity contribution in [1.29, 1.82) is 0 Å². The van der Waals surface area contributed by atoms with Crippen LogP contribution in [0.25, 0.3) is 112 Å². The molecule has 0 spiro atoms. The van der Waals surface area contributed by atoms with E-state index in [1.807, 2.05) is 42.5 Å². The molecule has 0 radical (unpaired) electrons. The van der Waals surface area contributed by atoms with Gasteiger partial charge in [0.25, 0.3) is 0 Å². The average molecular weight is 813 g/mol. The van der Waals surface area contributed by atoms with E-state index >= 15 is 0 Å². The third-order valence-electron chi connectivity index (χ3n) is 12.4. The molecule has 0 unspecified atom stereocenters. The monoisotopic (exact) mass is 812 g/mol. The summed E-state index contributed by atoms with van der Waals surface area (Å²) in [5.41, 5.74) is 17.1. The number of pyridine rings is 1. The van der Waals surface area contributed by atoms with Crippen LogP contribution in [0.15, 0.2) is 182 Å². The average Bonchev–Trinajstić information content (AvgIpc) is 3.92. The first-order valence-corrected chi connectivity index (χ1v) is 21.5. The highest BCUT2D eigenvalue weighted by molar-refractivity contribution is 7.00. The van der Waals surface area contributed by atoms with E-state index < -0.39 is 0 Å². The summed E-state index contributed by atoms with van der Waals surface area (Å²) >= 11 is 1.24. The minimum Gasteiger partial charge on any atom is -0.247 e. The standard InChI is InChI=1S/C55H36N6S/c1-55(2)45-19-11-9-17-40(45)41-30-29-39(31-46(41)55)33-21-25-37(26-22-33)53-57-52(36-15-7-4-8-16-36)58-54(59-53)38-27-23-34(24-28-38)43-32-44-48(51-50(43)60-62-61-51)42-18-10-12-20-47(42)56-49(44)35-13-5-3-6-14-35/h3-32H,1-2H3. The first-order chi connectivity index (χ1) is 30.5. The second kappa shape index (κ2) is 14.2. The van der Waals surface area contributed by atoms with Crippen LogP contribution in [0, 0.1) is 0 Å². The van der Waals surface area contributed by atoms with Gasteiger partial charge in [0.05, 0.1) is 22.9 Å². The lowest BCUT2D eigenvalue weighted by Crippen LogP contribution is -2.14. The van der Waals surface area contributed by atoms with Gasteiger partial charge < -0.3 is 0 Å². The van der Waals surface area contributed by atoms with E-state index in [9.17, 15) is 0 Å². The maximum absolute atomic E-state index is 5.20. The van der Waals surface area contributed by atoms with Crippen LogP contribution in [0.3, 0.4) is 0 Å². The van der Waals surface area contributed by atoms with Crippen molar-refractivity contribution in [2.75, 3.05) is 0 Å². The molecule has 0 N–H and O–H groups in total. The summed E-state index contributed by atoms with van der Waals surface area (Å²) in [6.07, 6.45) is 0. The normalized spacial score (nSPS) is 12.8. The number of para-hydroxylation sites is 1. The Balaban J connectivity index is 0.932. The van der Waals surface area contributed by atoms with Crippen molar-refractivity contribution >= 4 is 44.4 Å². The number of hydrogen-bond acceptors (Lipinski definition) is 7. The molecule has 0 amide bonds. The Labute approximate surface area is 362 Å². The molecule has 0 saturated carbocycles. The molecule has 12 rings (SSSR count). The lowest BCUT2D eigenvalue weighted by molar-refractivity contribution is 0.660. The van der Waals surface area contributed by atoms with Crippen molar-refractivity contribution in [3.8, 4) is 78.8 Å². The predicted octanol–water partition coefficient (Wildman–Crippen LogP) is 13.9. The Morgan fingerprint density at radius 1 is 0.371 bits per heavy atom. The molecule has 1 aliphatic rings. The maximum atomic E-state index is 5.20. The van der Waals surface area contributed by atoms with E-state index in [0.717, 1.165) is 77.3 Å². The molecule has 3 heterocycles. The van der Waals surface area contributed by atoms with Crippen LogP contribution in [-0.2, 0) is 5.41 Å². The quantitative estimate of drug-likeness (QED) is 0.156. The van der Waals surface area contributed by atoms with Crippen LogP contribution in [-0.4, -0.2) is 28.7 Å². The molecular weight excluding hydrogens is 777 g/mol. The van der Waals surface area contributed by atoms with E-state index in [1.165, 1.54) is 39.5 Å². The molecule has 292 valence electrons. The zero-order chi connectivity index (χ0) is 41.4. The number of rotatable bonds is 6. The highest BCUT2D eigenvalue weighted by Crippen LogP contribution is 2.49. The number of hydrogen-bond donors (Lipinski definition) is 0. The van der Waals surface area contributed by atoms with Gasteiger partial charge in [0.15, 0.2) is 17.5 Å². The van der Waals surface area contributed by atoms with Crippen LogP contribution < -0.4 is 0 Å². The molecule has 8 aromatic carbocycles. The molecule has 0 atom stereocenters. The first kappa shape index (κ1) is 36.1. The van der Waals surface area contributed by atoms with Crippen molar-refractivity contribution in [3.63, 3.8) is 0 Å². The number of aromatic nitrogens is 6. The van der Waals surface area contributed by atoms with E-state index in [-0.39, 0.29) is 5.41 Å². The van der Waals surface area contributed by atoms with Crippen molar-refractivity contribution in [2.24, 2.45) is 0 Å². The number of nitrogens with zero attached hydrogens (tertiary/aromatic N) is 6. The van der Waals surface area contributed by atoms with Crippen molar-refractivity contribution < 1.29 is 0 Å². The zero-order valence-electron chi connectivity index (χ0n) is 33.9. The third-order valence-corrected chi connectivity index (χ3v) is 13.0. The fourth-order valence-corrected chi connectivity index (χ4v) is 9.81. The van der Waals surface area contributed by atoms with E-state index in [0.29, 0.717) is 17.5 Å². The van der Waals surface area contributed by atoms with Gasteiger partial charge in [0.2, 0.25) is 0 Å². The minimum atomic E-state index is -0.0619. The largest absolute Gasteiger partial charge is 0.247 e. The smallest absolute Gasteiger partial charge is 0.164 e. The molecular formula is C55H36N6S. The van der Waals surface area contributed by atoms with Crippen molar-refractivity contribution in [3.05, 3.63) is 193 Å². The van der Waals surface area contributed by atoms with Gasteiger partial charge in [0.1, 0.15) is 11.0 Å². The van der Waals surface area contributed by atoms with E-state index in [4.69, 9.17) is 28.7 Å². The van der Waals surface area contributed by atoms with Gasteiger partial charge in [-0.3, -0.25) is 0 Å². The highest BCUT2D eigenvalue weighted by atomic mass is 32.1. The summed E-state index contributed by atoms with van der Waals surface area (Å²) in [6.45, 7) is 4.64. The third kappa shape index (κ3) is 5.85. The van der Waals surface area contributed by atoms with Gasteiger partial charge in [-0.2, -0.15) is 8.75 Å². The van der Waals surface area contributed by atoms with Crippen molar-refractivity contribution in [2.45, 2.75) is 19.3 Å². The van der Waals surface area contributed by atoms with Crippen LogP contribution in [0.5, 0.6) is 0 Å². The van der Waals surface area contributed by atoms with Gasteiger partial charge >= 0.3 is 0 Å². The molecule has 3 aromatic heterocycles. The number of fused-ring (bicyclic) bond motifs is 8. The highest BCUT2D eigenvalue weighted by Gasteiger charge is 2.35. The van der Waals surface area contributed by atoms with Crippen LogP contribution in [0.2, 0.25) is 0 Å². The van der Waals surface area contributed by atoms with E-state index in [2.05, 4.69) is 153 Å². The van der Waals surface area contributed by atoms with Gasteiger partial charge in [0, 0.05) is 49.4 Å². The first-order valence-electron chi connectivity index (χ1n) is 20.8. The molecule has 1 aliphatic carbocycles. The van der Waals surface area contributed by atoms with Crippen LogP contribution in [0.4, 0.5) is 0 Å². The molecule has 7 heteroatoms. The lowest BCUT2D eigenvalue weighted by atomic mass is 9.81. The molecule has 0 aliphatic heterocycles. The summed E-state index contributed by atoms with van der Waals surface area (Å²) in [7, 11) is 0. The van der Waals surface area contributed by atoms with Crippen LogP contribution in [0.1, 0.15) is 25.0 Å². The van der Waals surface area contributed by atoms with Gasteiger partial charge in [-0.1, -0.05) is 178 Å². The Hall–Kier alpha value is -7.74. The van der Waals surface area contributed by atoms with Crippen molar-refractivity contribution in [1.82, 2.24) is 28.7 Å². The predicted molar refractivity (Wildman–Crippen MR) is 254 cm³/mol. The Morgan fingerprint density at radius 2 is 0.903 bits per heavy atom. The second-order valence-electron chi connectivity index (χ2n) is 16.4. The Kier molecular flexibility index (Phi) is 8.27. The van der Waals surface area contributed by atoms with E-state index in [1.54, 1.807) is 0 Å². The summed E-state index contributed by atoms with van der Waals surface area (Å²) < 4.78 is 9.74. The molecule has 6 nitrogen and oxygen atoms in total. The topological polar surface area (TPSA) is 77.3 Å². The molecule has 0 fully saturated rings. The summed E-state index contributed by atoms with van der Waals surface area (Å²) in [5.74, 6) is 1.84. The fourth-order valence-electron chi connectivity index (χ4n) is 9.25. The zero-order valence-corrected chi connectivity index (χ0v) is 34.7. The molecule has 0 saturated heterocycles. The van der Waals surface area contributed by atoms with Gasteiger partial charge in [-0.25, -0.2) is 19.9 Å². The second-order valence-corrected chi connectivity index (χ2v) is 16.9. The summed E-state index contributed by atoms with van der Waals surface area (Å²) in [5, 5.41) is 3.18. The summed E-state index contributed by atoms with van der Waals surface area (Å²) in [6, 6.07) is 63.7. The molecule has 11 aromatic rings. The molecule has 62 heavy (non-hydrogen) atoms. The summed E-state index contributed by atoms with van der Waals surface area (Å²) in [4.78, 5) is 20.4. The van der Waals surface area contributed by atoms with Gasteiger partial charge in [-0.05, 0) is 57.1 Å². The Morgan fingerprint density at radius 3 is 1.61 bits per heavy atom.